The molecule has 0 saturated carbocycles. The molecule has 1 aromatic heterocycles. The molecule has 0 saturated heterocycles. The van der Waals surface area contributed by atoms with E-state index < -0.39 is 0 Å². The Kier molecular flexibility index (Phi) is 5.84. The molecule has 0 aliphatic heterocycles. The Bertz CT molecular complexity index is 916. The van der Waals surface area contributed by atoms with Crippen LogP contribution in [0.25, 0.3) is 0 Å². The number of benzene rings is 2. The Morgan fingerprint density at radius 3 is 2.73 bits per heavy atom. The van der Waals surface area contributed by atoms with E-state index in [1.807, 2.05) is 49.7 Å². The van der Waals surface area contributed by atoms with Gasteiger partial charge in [-0.05, 0) is 43.2 Å². The smallest absolute Gasteiger partial charge is 0.191 e. The van der Waals surface area contributed by atoms with E-state index in [0.717, 1.165) is 27.9 Å². The van der Waals surface area contributed by atoms with Crippen molar-refractivity contribution >= 4 is 23.4 Å². The SMILES string of the molecule is Cc1ccccc1OC(C)c1nnc(SCc2ccc(F)cc2Cl)n1C. The van der Waals surface area contributed by atoms with Gasteiger partial charge >= 0.3 is 0 Å². The molecule has 0 aliphatic carbocycles. The molecule has 0 aliphatic rings. The second-order valence-corrected chi connectivity index (χ2v) is 7.30. The van der Waals surface area contributed by atoms with Gasteiger partial charge in [0.1, 0.15) is 11.6 Å². The molecule has 7 heteroatoms. The lowest BCUT2D eigenvalue weighted by Crippen LogP contribution is -2.10. The van der Waals surface area contributed by atoms with Gasteiger partial charge in [0.25, 0.3) is 0 Å². The summed E-state index contributed by atoms with van der Waals surface area (Å²) in [7, 11) is 1.90. The monoisotopic (exact) mass is 391 g/mol. The number of nitrogens with zero attached hydrogens (tertiary/aromatic N) is 3. The van der Waals surface area contributed by atoms with E-state index in [4.69, 9.17) is 16.3 Å². The fourth-order valence-corrected chi connectivity index (χ4v) is 3.75. The Balaban J connectivity index is 1.70. The van der Waals surface area contributed by atoms with Crippen molar-refractivity contribution in [2.45, 2.75) is 30.9 Å². The summed E-state index contributed by atoms with van der Waals surface area (Å²) >= 11 is 7.57. The molecule has 2 aromatic carbocycles. The third-order valence-electron chi connectivity index (χ3n) is 4.00. The van der Waals surface area contributed by atoms with Crippen LogP contribution in [0.5, 0.6) is 5.75 Å². The van der Waals surface area contributed by atoms with Crippen molar-refractivity contribution < 1.29 is 9.13 Å². The molecule has 0 radical (unpaired) electrons. The maximum atomic E-state index is 13.1. The van der Waals surface area contributed by atoms with E-state index >= 15 is 0 Å². The highest BCUT2D eigenvalue weighted by molar-refractivity contribution is 7.98. The van der Waals surface area contributed by atoms with Gasteiger partial charge in [0.2, 0.25) is 0 Å². The van der Waals surface area contributed by atoms with Gasteiger partial charge in [0.15, 0.2) is 17.1 Å². The highest BCUT2D eigenvalue weighted by Crippen LogP contribution is 2.29. The first kappa shape index (κ1) is 18.7. The molecular formula is C19H19ClFN3OS. The predicted octanol–water partition coefficient (Wildman–Crippen LogP) is 5.35. The zero-order valence-electron chi connectivity index (χ0n) is 14.7. The minimum absolute atomic E-state index is 0.239. The van der Waals surface area contributed by atoms with Gasteiger partial charge in [0.05, 0.1) is 0 Å². The van der Waals surface area contributed by atoms with Gasteiger partial charge in [-0.1, -0.05) is 47.6 Å². The summed E-state index contributed by atoms with van der Waals surface area (Å²) in [5.41, 5.74) is 1.92. The van der Waals surface area contributed by atoms with Gasteiger partial charge in [0, 0.05) is 17.8 Å². The van der Waals surface area contributed by atoms with Gasteiger partial charge in [-0.3, -0.25) is 0 Å². The summed E-state index contributed by atoms with van der Waals surface area (Å²) in [6.45, 7) is 3.95. The molecule has 0 fully saturated rings. The summed E-state index contributed by atoms with van der Waals surface area (Å²) in [6.07, 6.45) is -0.239. The number of aryl methyl sites for hydroxylation is 1. The standard InChI is InChI=1S/C19H19ClFN3OS/c1-12-6-4-5-7-17(12)25-13(2)18-22-23-19(24(18)3)26-11-14-8-9-15(21)10-16(14)20/h4-10,13H,11H2,1-3H3. The van der Waals surface area contributed by atoms with Crippen molar-refractivity contribution in [2.24, 2.45) is 7.05 Å². The molecule has 0 amide bonds. The van der Waals surface area contributed by atoms with Crippen molar-refractivity contribution in [3.05, 3.63) is 70.3 Å². The van der Waals surface area contributed by atoms with Crippen molar-refractivity contribution in [2.75, 3.05) is 0 Å². The molecular weight excluding hydrogens is 373 g/mol. The number of hydrogen-bond acceptors (Lipinski definition) is 4. The van der Waals surface area contributed by atoms with Crippen molar-refractivity contribution in [1.29, 1.82) is 0 Å². The minimum Gasteiger partial charge on any atom is -0.482 e. The van der Waals surface area contributed by atoms with Gasteiger partial charge in [-0.2, -0.15) is 0 Å². The number of thioether (sulfide) groups is 1. The molecule has 1 heterocycles. The van der Waals surface area contributed by atoms with E-state index in [2.05, 4.69) is 10.2 Å². The van der Waals surface area contributed by atoms with Crippen LogP contribution in [0.4, 0.5) is 4.39 Å². The summed E-state index contributed by atoms with van der Waals surface area (Å²) < 4.78 is 21.1. The Hall–Kier alpha value is -2.05. The van der Waals surface area contributed by atoms with E-state index in [1.54, 1.807) is 6.07 Å². The Labute approximate surface area is 161 Å². The second-order valence-electron chi connectivity index (χ2n) is 5.95. The maximum Gasteiger partial charge on any atom is 0.191 e. The number of para-hydroxylation sites is 1. The average Bonchev–Trinajstić information content (AvgIpc) is 2.97. The van der Waals surface area contributed by atoms with Crippen LogP contribution in [0.2, 0.25) is 5.02 Å². The van der Waals surface area contributed by atoms with Crippen molar-refractivity contribution in [3.8, 4) is 5.75 Å². The topological polar surface area (TPSA) is 39.9 Å². The third kappa shape index (κ3) is 4.19. The molecule has 4 nitrogen and oxygen atoms in total. The van der Waals surface area contributed by atoms with E-state index in [9.17, 15) is 4.39 Å². The molecule has 3 aromatic rings. The van der Waals surface area contributed by atoms with E-state index in [-0.39, 0.29) is 11.9 Å². The van der Waals surface area contributed by atoms with Crippen LogP contribution in [-0.4, -0.2) is 14.8 Å². The first-order valence-corrected chi connectivity index (χ1v) is 9.50. The first-order valence-electron chi connectivity index (χ1n) is 8.14. The highest BCUT2D eigenvalue weighted by Gasteiger charge is 2.18. The molecule has 1 unspecified atom stereocenters. The molecule has 1 atom stereocenters. The van der Waals surface area contributed by atoms with E-state index in [0.29, 0.717) is 10.8 Å². The van der Waals surface area contributed by atoms with Crippen LogP contribution in [0.3, 0.4) is 0 Å². The Morgan fingerprint density at radius 1 is 1.23 bits per heavy atom. The highest BCUT2D eigenvalue weighted by atomic mass is 35.5. The summed E-state index contributed by atoms with van der Waals surface area (Å²) in [6, 6.07) is 12.3. The summed E-state index contributed by atoms with van der Waals surface area (Å²) in [5.74, 6) is 1.81. The van der Waals surface area contributed by atoms with Crippen LogP contribution in [0.15, 0.2) is 47.6 Å². The quantitative estimate of drug-likeness (QED) is 0.531. The van der Waals surface area contributed by atoms with Gasteiger partial charge in [-0.15, -0.1) is 10.2 Å². The van der Waals surface area contributed by atoms with Crippen LogP contribution in [0.1, 0.15) is 30.0 Å². The number of halogens is 2. The summed E-state index contributed by atoms with van der Waals surface area (Å²) in [5, 5.41) is 9.67. The molecule has 0 N–H and O–H groups in total. The molecule has 26 heavy (non-hydrogen) atoms. The fourth-order valence-electron chi connectivity index (χ4n) is 2.52. The van der Waals surface area contributed by atoms with Crippen LogP contribution < -0.4 is 4.74 Å². The molecule has 136 valence electrons. The molecule has 0 bridgehead atoms. The number of rotatable bonds is 6. The summed E-state index contributed by atoms with van der Waals surface area (Å²) in [4.78, 5) is 0. The number of ether oxygens (including phenoxy) is 1. The van der Waals surface area contributed by atoms with Gasteiger partial charge < -0.3 is 9.30 Å². The van der Waals surface area contributed by atoms with Crippen LogP contribution in [-0.2, 0) is 12.8 Å². The number of aromatic nitrogens is 3. The van der Waals surface area contributed by atoms with Crippen LogP contribution in [0, 0.1) is 12.7 Å². The first-order chi connectivity index (χ1) is 12.5. The lowest BCUT2D eigenvalue weighted by Gasteiger charge is -2.15. The van der Waals surface area contributed by atoms with Crippen LogP contribution >= 0.6 is 23.4 Å². The van der Waals surface area contributed by atoms with Gasteiger partial charge in [-0.25, -0.2) is 4.39 Å². The third-order valence-corrected chi connectivity index (χ3v) is 5.42. The fraction of sp³-hybridized carbons (Fsp3) is 0.263. The van der Waals surface area contributed by atoms with E-state index in [1.165, 1.54) is 23.9 Å². The van der Waals surface area contributed by atoms with Crippen molar-refractivity contribution in [1.82, 2.24) is 14.8 Å². The lowest BCUT2D eigenvalue weighted by molar-refractivity contribution is 0.210. The average molecular weight is 392 g/mol. The second kappa shape index (κ2) is 8.10. The maximum absolute atomic E-state index is 13.1. The predicted molar refractivity (Wildman–Crippen MR) is 102 cm³/mol. The zero-order valence-corrected chi connectivity index (χ0v) is 16.3. The zero-order chi connectivity index (χ0) is 18.7. The lowest BCUT2D eigenvalue weighted by atomic mass is 10.2. The molecule has 0 spiro atoms. The Morgan fingerprint density at radius 2 is 2.00 bits per heavy atom. The van der Waals surface area contributed by atoms with Crippen molar-refractivity contribution in [3.63, 3.8) is 0 Å². The largest absolute Gasteiger partial charge is 0.482 e. The number of hydrogen-bond donors (Lipinski definition) is 0. The molecule has 3 rings (SSSR count). The minimum atomic E-state index is -0.341. The normalized spacial score (nSPS) is 12.2.